The average Bonchev–Trinajstić information content (AvgIpc) is 3.39. The lowest BCUT2D eigenvalue weighted by Gasteiger charge is -2.37. The molecule has 2 aliphatic heterocycles. The van der Waals surface area contributed by atoms with Gasteiger partial charge in [-0.05, 0) is 42.8 Å². The molecule has 2 heterocycles. The number of carbonyl (C=O) groups excluding carboxylic acids is 3. The Hall–Kier alpha value is -4.71. The first-order chi connectivity index (χ1) is 19.3. The van der Waals surface area contributed by atoms with Gasteiger partial charge in [0.2, 0.25) is 0 Å². The molecule has 1 saturated heterocycles. The maximum absolute atomic E-state index is 14.5. The molecule has 0 radical (unpaired) electrons. The molecule has 6 heteroatoms. The second-order valence-electron chi connectivity index (χ2n) is 10.7. The van der Waals surface area contributed by atoms with Crippen LogP contribution in [-0.4, -0.2) is 29.4 Å². The predicted molar refractivity (Wildman–Crippen MR) is 148 cm³/mol. The van der Waals surface area contributed by atoms with E-state index in [9.17, 15) is 23.2 Å². The predicted octanol–water partition coefficient (Wildman–Crippen LogP) is 6.59. The Morgan fingerprint density at radius 2 is 1.43 bits per heavy atom. The van der Waals surface area contributed by atoms with Crippen LogP contribution in [0.15, 0.2) is 97.1 Å². The lowest BCUT2D eigenvalue weighted by atomic mass is 9.64. The summed E-state index contributed by atoms with van der Waals surface area (Å²) in [5.41, 5.74) is 1.94. The highest BCUT2D eigenvalue weighted by Crippen LogP contribution is 2.61. The number of aryl methyl sites for hydroxylation is 1. The van der Waals surface area contributed by atoms with Gasteiger partial charge in [0.05, 0.1) is 6.04 Å². The highest BCUT2D eigenvalue weighted by atomic mass is 19.1. The lowest BCUT2D eigenvalue weighted by molar-refractivity contribution is 0.0666. The molecular weight excluding hydrogens is 508 g/mol. The molecule has 0 saturated carbocycles. The van der Waals surface area contributed by atoms with E-state index in [0.717, 1.165) is 5.56 Å². The Morgan fingerprint density at radius 3 is 2.08 bits per heavy atom. The third-order valence-electron chi connectivity index (χ3n) is 8.60. The van der Waals surface area contributed by atoms with Gasteiger partial charge in [0.1, 0.15) is 23.1 Å². The van der Waals surface area contributed by atoms with Gasteiger partial charge < -0.3 is 4.90 Å². The van der Waals surface area contributed by atoms with E-state index in [1.54, 1.807) is 66.7 Å². The largest absolute Gasteiger partial charge is 0.352 e. The van der Waals surface area contributed by atoms with Gasteiger partial charge in [-0.2, -0.15) is 0 Å². The number of Topliss-reactive ketones (excluding diaryl/α,β-unsaturated/α-hetero) is 3. The Bertz CT molecular complexity index is 1720. The van der Waals surface area contributed by atoms with Crippen molar-refractivity contribution in [2.75, 3.05) is 4.90 Å². The first kappa shape index (κ1) is 24.3. The third-order valence-corrected chi connectivity index (χ3v) is 8.60. The van der Waals surface area contributed by atoms with Crippen molar-refractivity contribution in [2.45, 2.75) is 24.9 Å². The topological polar surface area (TPSA) is 54.5 Å². The standard InChI is InChI=1S/C34H23F2NO3/c1-19-6-8-21(9-7-19)31(38)30-29(20-10-13-23(35)14-11-20)34(32(39)25-4-2-3-5-26(25)33(34)40)28-17-12-22-18-24(36)15-16-27(22)37(28)30/h2-18,28-30H,1H3/t28?,29-,30+/m0/s1. The molecule has 1 spiro atoms. The van der Waals surface area contributed by atoms with Crippen LogP contribution in [0.3, 0.4) is 0 Å². The van der Waals surface area contributed by atoms with Crippen LogP contribution < -0.4 is 4.90 Å². The second-order valence-corrected chi connectivity index (χ2v) is 10.7. The van der Waals surface area contributed by atoms with Crippen molar-refractivity contribution in [3.8, 4) is 0 Å². The van der Waals surface area contributed by atoms with Gasteiger partial charge in [0.15, 0.2) is 17.3 Å². The number of benzene rings is 4. The van der Waals surface area contributed by atoms with Gasteiger partial charge in [0, 0.05) is 33.9 Å². The summed E-state index contributed by atoms with van der Waals surface area (Å²) in [5.74, 6) is -2.87. The number of carbonyl (C=O) groups is 3. The zero-order chi connectivity index (χ0) is 27.8. The van der Waals surface area contributed by atoms with Crippen LogP contribution in [0, 0.1) is 24.0 Å². The van der Waals surface area contributed by atoms with Crippen molar-refractivity contribution in [3.05, 3.63) is 142 Å². The number of nitrogens with zero attached hydrogens (tertiary/aromatic N) is 1. The van der Waals surface area contributed by atoms with Crippen molar-refractivity contribution < 1.29 is 23.2 Å². The maximum Gasteiger partial charge on any atom is 0.185 e. The zero-order valence-electron chi connectivity index (χ0n) is 21.5. The number of ketones is 3. The fourth-order valence-corrected chi connectivity index (χ4v) is 6.88. The number of halogens is 2. The van der Waals surface area contributed by atoms with E-state index in [2.05, 4.69) is 0 Å². The van der Waals surface area contributed by atoms with E-state index in [1.807, 2.05) is 24.0 Å². The minimum atomic E-state index is -1.69. The van der Waals surface area contributed by atoms with Crippen LogP contribution in [0.25, 0.3) is 6.08 Å². The van der Waals surface area contributed by atoms with Gasteiger partial charge in [-0.15, -0.1) is 0 Å². The van der Waals surface area contributed by atoms with Gasteiger partial charge in [-0.3, -0.25) is 14.4 Å². The van der Waals surface area contributed by atoms with E-state index in [-0.39, 0.29) is 17.3 Å². The summed E-state index contributed by atoms with van der Waals surface area (Å²) < 4.78 is 28.5. The van der Waals surface area contributed by atoms with Crippen LogP contribution in [0.5, 0.6) is 0 Å². The Kier molecular flexibility index (Phi) is 5.26. The van der Waals surface area contributed by atoms with E-state index in [0.29, 0.717) is 33.5 Å². The number of rotatable bonds is 3. The van der Waals surface area contributed by atoms with Crippen LogP contribution in [-0.2, 0) is 0 Å². The molecule has 1 unspecified atom stereocenters. The average molecular weight is 532 g/mol. The van der Waals surface area contributed by atoms with Crippen LogP contribution in [0.1, 0.15) is 53.7 Å². The second kappa shape index (κ2) is 8.65. The molecule has 4 nitrogen and oxygen atoms in total. The highest BCUT2D eigenvalue weighted by molar-refractivity contribution is 6.32. The van der Waals surface area contributed by atoms with Crippen molar-refractivity contribution in [3.63, 3.8) is 0 Å². The first-order valence-corrected chi connectivity index (χ1v) is 13.1. The summed E-state index contributed by atoms with van der Waals surface area (Å²) in [6.45, 7) is 1.92. The molecule has 196 valence electrons. The monoisotopic (exact) mass is 531 g/mol. The molecule has 7 rings (SSSR count). The summed E-state index contributed by atoms with van der Waals surface area (Å²) >= 11 is 0. The lowest BCUT2D eigenvalue weighted by Crippen LogP contribution is -2.48. The summed E-state index contributed by atoms with van der Waals surface area (Å²) in [4.78, 5) is 45.4. The zero-order valence-corrected chi connectivity index (χ0v) is 21.5. The van der Waals surface area contributed by atoms with E-state index >= 15 is 0 Å². The SMILES string of the molecule is Cc1ccc(C(=O)[C@H]2[C@H](c3ccc(F)cc3)C3(C(=O)c4ccccc4C3=O)C3C=Cc4cc(F)ccc4N32)cc1. The first-order valence-electron chi connectivity index (χ1n) is 13.1. The van der Waals surface area contributed by atoms with Gasteiger partial charge in [0.25, 0.3) is 0 Å². The molecule has 0 bridgehead atoms. The summed E-state index contributed by atoms with van der Waals surface area (Å²) in [7, 11) is 0. The molecule has 3 atom stereocenters. The van der Waals surface area contributed by atoms with Crippen molar-refractivity contribution in [1.29, 1.82) is 0 Å². The van der Waals surface area contributed by atoms with Gasteiger partial charge in [-0.1, -0.05) is 78.4 Å². The quantitative estimate of drug-likeness (QED) is 0.221. The number of hydrogen-bond donors (Lipinski definition) is 0. The molecule has 1 aliphatic carbocycles. The fraction of sp³-hybridized carbons (Fsp3) is 0.147. The van der Waals surface area contributed by atoms with E-state index in [1.165, 1.54) is 24.3 Å². The number of fused-ring (bicyclic) bond motifs is 5. The molecule has 3 aliphatic rings. The van der Waals surface area contributed by atoms with Crippen molar-refractivity contribution >= 4 is 29.1 Å². The van der Waals surface area contributed by atoms with E-state index < -0.39 is 35.1 Å². The smallest absolute Gasteiger partial charge is 0.185 e. The minimum absolute atomic E-state index is 0.279. The molecule has 1 fully saturated rings. The summed E-state index contributed by atoms with van der Waals surface area (Å²) in [5, 5.41) is 0. The Morgan fingerprint density at radius 1 is 0.800 bits per heavy atom. The summed E-state index contributed by atoms with van der Waals surface area (Å²) in [6.07, 6.45) is 3.45. The van der Waals surface area contributed by atoms with Crippen LogP contribution in [0.2, 0.25) is 0 Å². The minimum Gasteiger partial charge on any atom is -0.352 e. The third kappa shape index (κ3) is 3.19. The Labute approximate surface area is 229 Å². The molecule has 0 amide bonds. The number of hydrogen-bond acceptors (Lipinski definition) is 4. The van der Waals surface area contributed by atoms with Gasteiger partial charge >= 0.3 is 0 Å². The van der Waals surface area contributed by atoms with Crippen molar-refractivity contribution in [2.24, 2.45) is 5.41 Å². The molecule has 4 aromatic carbocycles. The van der Waals surface area contributed by atoms with E-state index in [4.69, 9.17) is 0 Å². The summed E-state index contributed by atoms with van der Waals surface area (Å²) in [6, 6.07) is 22.0. The maximum atomic E-state index is 14.5. The fourth-order valence-electron chi connectivity index (χ4n) is 6.88. The van der Waals surface area contributed by atoms with Crippen LogP contribution in [0.4, 0.5) is 14.5 Å². The molecule has 4 aromatic rings. The molecule has 40 heavy (non-hydrogen) atoms. The van der Waals surface area contributed by atoms with Crippen LogP contribution >= 0.6 is 0 Å². The highest BCUT2D eigenvalue weighted by Gasteiger charge is 2.71. The number of anilines is 1. The Balaban J connectivity index is 1.54. The van der Waals surface area contributed by atoms with Crippen molar-refractivity contribution in [1.82, 2.24) is 0 Å². The van der Waals surface area contributed by atoms with Gasteiger partial charge in [-0.25, -0.2) is 8.78 Å². The molecule has 0 N–H and O–H groups in total. The molecule has 0 aromatic heterocycles. The molecular formula is C34H23F2NO3. The normalized spacial score (nSPS) is 21.9.